The number of hydrogen-bond donors (Lipinski definition) is 1. The van der Waals surface area contributed by atoms with Gasteiger partial charge in [-0.15, -0.1) is 11.3 Å². The summed E-state index contributed by atoms with van der Waals surface area (Å²) in [6.45, 7) is 5.38. The van der Waals surface area contributed by atoms with Crippen LogP contribution in [0, 0.1) is 12.8 Å². The maximum absolute atomic E-state index is 4.63. The first-order chi connectivity index (χ1) is 9.79. The van der Waals surface area contributed by atoms with Gasteiger partial charge in [-0.1, -0.05) is 26.2 Å². The minimum Gasteiger partial charge on any atom is -0.308 e. The molecule has 3 rings (SSSR count). The normalized spacial score (nSPS) is 18.7. The van der Waals surface area contributed by atoms with Gasteiger partial charge in [-0.25, -0.2) is 4.98 Å². The number of rotatable bonds is 5. The van der Waals surface area contributed by atoms with Crippen LogP contribution >= 0.6 is 11.3 Å². The lowest BCUT2D eigenvalue weighted by Crippen LogP contribution is -2.36. The van der Waals surface area contributed by atoms with Crippen LogP contribution in [0.4, 0.5) is 0 Å². The summed E-state index contributed by atoms with van der Waals surface area (Å²) in [7, 11) is 0. The zero-order chi connectivity index (χ0) is 13.9. The second kappa shape index (κ2) is 6.27. The zero-order valence-corrected chi connectivity index (χ0v) is 13.4. The Morgan fingerprint density at radius 3 is 2.95 bits per heavy atom. The van der Waals surface area contributed by atoms with Gasteiger partial charge >= 0.3 is 0 Å². The molecule has 0 saturated heterocycles. The van der Waals surface area contributed by atoms with Gasteiger partial charge in [0.05, 0.1) is 11.4 Å². The van der Waals surface area contributed by atoms with Gasteiger partial charge in [-0.2, -0.15) is 0 Å². The van der Waals surface area contributed by atoms with Crippen LogP contribution < -0.4 is 5.32 Å². The van der Waals surface area contributed by atoms with Gasteiger partial charge in [0.15, 0.2) is 4.96 Å². The topological polar surface area (TPSA) is 29.3 Å². The molecule has 1 aliphatic rings. The Labute approximate surface area is 125 Å². The maximum atomic E-state index is 4.63. The van der Waals surface area contributed by atoms with Crippen molar-refractivity contribution in [2.24, 2.45) is 5.92 Å². The van der Waals surface area contributed by atoms with E-state index in [4.69, 9.17) is 0 Å². The van der Waals surface area contributed by atoms with Crippen LogP contribution in [0.1, 0.15) is 56.8 Å². The van der Waals surface area contributed by atoms with Crippen LogP contribution in [0.15, 0.2) is 11.6 Å². The van der Waals surface area contributed by atoms with E-state index in [1.807, 2.05) is 0 Å². The Kier molecular flexibility index (Phi) is 4.41. The van der Waals surface area contributed by atoms with Crippen molar-refractivity contribution in [1.82, 2.24) is 14.7 Å². The Hall–Kier alpha value is -0.870. The highest BCUT2D eigenvalue weighted by molar-refractivity contribution is 7.15. The van der Waals surface area contributed by atoms with E-state index in [2.05, 4.69) is 40.1 Å². The molecule has 3 nitrogen and oxygen atoms in total. The first kappa shape index (κ1) is 14.1. The average molecular weight is 291 g/mol. The number of imidazole rings is 1. The summed E-state index contributed by atoms with van der Waals surface area (Å²) in [6, 6.07) is 0.666. The summed E-state index contributed by atoms with van der Waals surface area (Å²) in [5.74, 6) is 0.875. The molecule has 110 valence electrons. The van der Waals surface area contributed by atoms with E-state index < -0.39 is 0 Å². The van der Waals surface area contributed by atoms with Gasteiger partial charge in [0.25, 0.3) is 0 Å². The third-order valence-corrected chi connectivity index (χ3v) is 5.51. The molecular formula is C16H25N3S. The molecule has 1 N–H and O–H groups in total. The summed E-state index contributed by atoms with van der Waals surface area (Å²) < 4.78 is 2.24. The molecule has 20 heavy (non-hydrogen) atoms. The SMILES string of the molecule is CCC(NCc1c(C)nc2sccn12)C1CCCCC1. The average Bonchev–Trinajstić information content (AvgIpc) is 3.02. The minimum atomic E-state index is 0.666. The lowest BCUT2D eigenvalue weighted by atomic mass is 9.83. The van der Waals surface area contributed by atoms with Crippen LogP contribution in [0.3, 0.4) is 0 Å². The molecule has 1 fully saturated rings. The van der Waals surface area contributed by atoms with E-state index in [-0.39, 0.29) is 0 Å². The third-order valence-electron chi connectivity index (χ3n) is 4.75. The summed E-state index contributed by atoms with van der Waals surface area (Å²) in [4.78, 5) is 5.75. The van der Waals surface area contributed by atoms with Crippen LogP contribution in [-0.2, 0) is 6.54 Å². The summed E-state index contributed by atoms with van der Waals surface area (Å²) in [5.41, 5.74) is 2.50. The van der Waals surface area contributed by atoms with E-state index in [1.54, 1.807) is 11.3 Å². The van der Waals surface area contributed by atoms with Crippen LogP contribution in [0.25, 0.3) is 4.96 Å². The molecule has 2 heterocycles. The Bertz CT molecular complexity index is 551. The maximum Gasteiger partial charge on any atom is 0.194 e. The van der Waals surface area contributed by atoms with E-state index >= 15 is 0 Å². The Balaban J connectivity index is 1.67. The van der Waals surface area contributed by atoms with Crippen molar-refractivity contribution in [1.29, 1.82) is 0 Å². The molecule has 1 saturated carbocycles. The van der Waals surface area contributed by atoms with Crippen molar-refractivity contribution in [3.63, 3.8) is 0 Å². The van der Waals surface area contributed by atoms with Crippen molar-refractivity contribution in [3.8, 4) is 0 Å². The van der Waals surface area contributed by atoms with E-state index in [1.165, 1.54) is 49.9 Å². The van der Waals surface area contributed by atoms with E-state index in [9.17, 15) is 0 Å². The van der Waals surface area contributed by atoms with E-state index in [0.717, 1.165) is 17.4 Å². The Morgan fingerprint density at radius 2 is 2.20 bits per heavy atom. The van der Waals surface area contributed by atoms with E-state index in [0.29, 0.717) is 6.04 Å². The van der Waals surface area contributed by atoms with Gasteiger partial charge in [0.2, 0.25) is 0 Å². The van der Waals surface area contributed by atoms with Crippen LogP contribution in [0.2, 0.25) is 0 Å². The standard InChI is InChI=1S/C16H25N3S/c1-3-14(13-7-5-4-6-8-13)17-11-15-12(2)18-16-19(15)9-10-20-16/h9-10,13-14,17H,3-8,11H2,1-2H3. The van der Waals surface area contributed by atoms with Crippen LogP contribution in [0.5, 0.6) is 0 Å². The fourth-order valence-corrected chi connectivity index (χ4v) is 4.34. The molecule has 1 atom stereocenters. The quantitative estimate of drug-likeness (QED) is 0.896. The predicted octanol–water partition coefficient (Wildman–Crippen LogP) is 4.15. The number of nitrogens with zero attached hydrogens (tertiary/aromatic N) is 2. The molecule has 1 unspecified atom stereocenters. The smallest absolute Gasteiger partial charge is 0.194 e. The molecule has 0 spiro atoms. The molecule has 0 radical (unpaired) electrons. The molecular weight excluding hydrogens is 266 g/mol. The fourth-order valence-electron chi connectivity index (χ4n) is 3.56. The highest BCUT2D eigenvalue weighted by atomic mass is 32.1. The number of thiazole rings is 1. The Morgan fingerprint density at radius 1 is 1.40 bits per heavy atom. The minimum absolute atomic E-state index is 0.666. The summed E-state index contributed by atoms with van der Waals surface area (Å²) in [6.07, 6.45) is 10.5. The van der Waals surface area contributed by atoms with Crippen molar-refractivity contribution in [2.75, 3.05) is 0 Å². The number of aryl methyl sites for hydroxylation is 1. The molecule has 0 aliphatic heterocycles. The monoisotopic (exact) mass is 291 g/mol. The second-order valence-corrected chi connectivity index (χ2v) is 6.87. The largest absolute Gasteiger partial charge is 0.308 e. The number of aromatic nitrogens is 2. The number of hydrogen-bond acceptors (Lipinski definition) is 3. The van der Waals surface area contributed by atoms with Crippen molar-refractivity contribution >= 4 is 16.3 Å². The third kappa shape index (κ3) is 2.77. The van der Waals surface area contributed by atoms with Gasteiger partial charge in [0.1, 0.15) is 0 Å². The van der Waals surface area contributed by atoms with Gasteiger partial charge in [0, 0.05) is 24.2 Å². The van der Waals surface area contributed by atoms with Crippen molar-refractivity contribution in [3.05, 3.63) is 23.0 Å². The molecule has 2 aromatic heterocycles. The molecule has 0 amide bonds. The first-order valence-electron chi connectivity index (χ1n) is 7.94. The summed E-state index contributed by atoms with van der Waals surface area (Å²) >= 11 is 1.71. The molecule has 2 aromatic rings. The van der Waals surface area contributed by atoms with Gasteiger partial charge in [-0.3, -0.25) is 4.40 Å². The lowest BCUT2D eigenvalue weighted by Gasteiger charge is -2.30. The second-order valence-electron chi connectivity index (χ2n) is 5.99. The van der Waals surface area contributed by atoms with Crippen LogP contribution in [-0.4, -0.2) is 15.4 Å². The molecule has 0 bridgehead atoms. The summed E-state index contributed by atoms with van der Waals surface area (Å²) in [5, 5.41) is 5.92. The predicted molar refractivity (Wildman–Crippen MR) is 85.3 cm³/mol. The highest BCUT2D eigenvalue weighted by Crippen LogP contribution is 2.28. The zero-order valence-electron chi connectivity index (χ0n) is 12.6. The van der Waals surface area contributed by atoms with Crippen molar-refractivity contribution < 1.29 is 0 Å². The highest BCUT2D eigenvalue weighted by Gasteiger charge is 2.22. The lowest BCUT2D eigenvalue weighted by molar-refractivity contribution is 0.261. The first-order valence-corrected chi connectivity index (χ1v) is 8.82. The molecule has 4 heteroatoms. The number of fused-ring (bicyclic) bond motifs is 1. The molecule has 1 aliphatic carbocycles. The fraction of sp³-hybridized carbons (Fsp3) is 0.688. The van der Waals surface area contributed by atoms with Gasteiger partial charge in [-0.05, 0) is 32.1 Å². The van der Waals surface area contributed by atoms with Crippen molar-refractivity contribution in [2.45, 2.75) is 65.0 Å². The molecule has 0 aromatic carbocycles. The van der Waals surface area contributed by atoms with Gasteiger partial charge < -0.3 is 5.32 Å². The number of nitrogens with one attached hydrogen (secondary N) is 1.